The highest BCUT2D eigenvalue weighted by Crippen LogP contribution is 2.06. The molecule has 0 rings (SSSR count). The van der Waals surface area contributed by atoms with Crippen LogP contribution < -0.4 is 0 Å². The molecule has 0 fully saturated rings. The molecule has 0 heterocycles. The Morgan fingerprint density at radius 3 is 2.23 bits per heavy atom. The molecular formula is C11H21BrO. The Balaban J connectivity index is 2.79. The van der Waals surface area contributed by atoms with Gasteiger partial charge in [-0.2, -0.15) is 0 Å². The average molecular weight is 249 g/mol. The van der Waals surface area contributed by atoms with E-state index in [1.807, 2.05) is 0 Å². The summed E-state index contributed by atoms with van der Waals surface area (Å²) in [5, 5.41) is 1.15. The molecule has 0 aromatic heterocycles. The van der Waals surface area contributed by atoms with E-state index >= 15 is 0 Å². The summed E-state index contributed by atoms with van der Waals surface area (Å²) >= 11 is 3.43. The Kier molecular flexibility index (Phi) is 12.3. The number of hydrogen-bond acceptors (Lipinski definition) is 1. The summed E-state index contributed by atoms with van der Waals surface area (Å²) in [5.74, 6) is 0. The van der Waals surface area contributed by atoms with Crippen molar-refractivity contribution in [1.82, 2.24) is 0 Å². The third kappa shape index (κ3) is 12.2. The number of halogens is 1. The van der Waals surface area contributed by atoms with Gasteiger partial charge in [-0.25, -0.2) is 0 Å². The molecule has 0 aliphatic rings. The lowest BCUT2D eigenvalue weighted by Gasteiger charge is -2.01. The highest BCUT2D eigenvalue weighted by atomic mass is 79.9. The van der Waals surface area contributed by atoms with Crippen LogP contribution in [0.2, 0.25) is 0 Å². The zero-order chi connectivity index (χ0) is 9.78. The van der Waals surface area contributed by atoms with E-state index in [1.54, 1.807) is 6.08 Å². The number of ether oxygens (including phenoxy) is 1. The summed E-state index contributed by atoms with van der Waals surface area (Å²) in [7, 11) is 0. The maximum atomic E-state index is 5.28. The van der Waals surface area contributed by atoms with Crippen LogP contribution in [0.4, 0.5) is 0 Å². The number of unbranched alkanes of at least 4 members (excludes halogenated alkanes) is 5. The molecule has 0 saturated heterocycles. The van der Waals surface area contributed by atoms with Gasteiger partial charge in [0.2, 0.25) is 0 Å². The molecule has 1 nitrogen and oxygen atoms in total. The van der Waals surface area contributed by atoms with Gasteiger partial charge in [-0.1, -0.05) is 47.7 Å². The summed E-state index contributed by atoms with van der Waals surface area (Å²) in [4.78, 5) is 0. The minimum Gasteiger partial charge on any atom is -0.377 e. The Hall–Kier alpha value is 0.180. The van der Waals surface area contributed by atoms with Crippen LogP contribution in [0, 0.1) is 0 Å². The SMILES string of the molecule is C=CCOCCCCCCCCBr. The van der Waals surface area contributed by atoms with E-state index in [2.05, 4.69) is 22.5 Å². The van der Waals surface area contributed by atoms with Crippen LogP contribution in [0.3, 0.4) is 0 Å². The fraction of sp³-hybridized carbons (Fsp3) is 0.818. The van der Waals surface area contributed by atoms with Crippen LogP contribution in [0.25, 0.3) is 0 Å². The van der Waals surface area contributed by atoms with Gasteiger partial charge in [0, 0.05) is 11.9 Å². The maximum Gasteiger partial charge on any atom is 0.0644 e. The van der Waals surface area contributed by atoms with Crippen molar-refractivity contribution in [3.63, 3.8) is 0 Å². The minimum absolute atomic E-state index is 0.698. The van der Waals surface area contributed by atoms with Gasteiger partial charge in [0.05, 0.1) is 6.61 Å². The topological polar surface area (TPSA) is 9.23 Å². The number of hydrogen-bond donors (Lipinski definition) is 0. The first-order valence-corrected chi connectivity index (χ1v) is 6.28. The maximum absolute atomic E-state index is 5.28. The summed E-state index contributed by atoms with van der Waals surface area (Å²) in [6, 6.07) is 0. The third-order valence-corrected chi connectivity index (χ3v) is 2.47. The molecule has 0 atom stereocenters. The molecule has 0 aliphatic heterocycles. The monoisotopic (exact) mass is 248 g/mol. The van der Waals surface area contributed by atoms with Gasteiger partial charge in [-0.15, -0.1) is 6.58 Å². The molecule has 0 spiro atoms. The summed E-state index contributed by atoms with van der Waals surface area (Å²) < 4.78 is 5.28. The molecule has 78 valence electrons. The third-order valence-electron chi connectivity index (χ3n) is 1.91. The molecule has 0 amide bonds. The van der Waals surface area contributed by atoms with Crippen molar-refractivity contribution >= 4 is 15.9 Å². The molecule has 0 aromatic rings. The first-order valence-electron chi connectivity index (χ1n) is 5.16. The van der Waals surface area contributed by atoms with Crippen LogP contribution in [-0.2, 0) is 4.74 Å². The second kappa shape index (κ2) is 12.2. The van der Waals surface area contributed by atoms with Gasteiger partial charge in [-0.05, 0) is 12.8 Å². The molecule has 0 bridgehead atoms. The number of rotatable bonds is 10. The first-order chi connectivity index (χ1) is 6.41. The van der Waals surface area contributed by atoms with Gasteiger partial charge in [0.15, 0.2) is 0 Å². The lowest BCUT2D eigenvalue weighted by molar-refractivity contribution is 0.157. The second-order valence-corrected chi connectivity index (χ2v) is 3.97. The Labute approximate surface area is 90.7 Å². The highest BCUT2D eigenvalue weighted by Gasteiger charge is 1.90. The van der Waals surface area contributed by atoms with Crippen molar-refractivity contribution < 1.29 is 4.74 Å². The van der Waals surface area contributed by atoms with Crippen molar-refractivity contribution in [2.45, 2.75) is 38.5 Å². The summed E-state index contributed by atoms with van der Waals surface area (Å²) in [6.45, 7) is 5.19. The molecular weight excluding hydrogens is 228 g/mol. The fourth-order valence-corrected chi connectivity index (χ4v) is 1.57. The van der Waals surface area contributed by atoms with E-state index in [4.69, 9.17) is 4.74 Å². The summed E-state index contributed by atoms with van der Waals surface area (Å²) in [6.07, 6.45) is 9.70. The van der Waals surface area contributed by atoms with Crippen LogP contribution in [0.5, 0.6) is 0 Å². The van der Waals surface area contributed by atoms with Crippen molar-refractivity contribution in [3.05, 3.63) is 12.7 Å². The van der Waals surface area contributed by atoms with Crippen molar-refractivity contribution in [3.8, 4) is 0 Å². The molecule has 0 N–H and O–H groups in total. The van der Waals surface area contributed by atoms with Crippen LogP contribution >= 0.6 is 15.9 Å². The van der Waals surface area contributed by atoms with Gasteiger partial charge >= 0.3 is 0 Å². The molecule has 0 saturated carbocycles. The standard InChI is InChI=1S/C11H21BrO/c1-2-10-13-11-8-6-4-3-5-7-9-12/h2H,1,3-11H2. The highest BCUT2D eigenvalue weighted by molar-refractivity contribution is 9.09. The quantitative estimate of drug-likeness (QED) is 0.324. The fourth-order valence-electron chi connectivity index (χ4n) is 1.17. The van der Waals surface area contributed by atoms with E-state index in [1.165, 1.54) is 38.5 Å². The Morgan fingerprint density at radius 2 is 1.62 bits per heavy atom. The normalized spacial score (nSPS) is 10.2. The molecule has 2 heteroatoms. The lowest BCUT2D eigenvalue weighted by Crippen LogP contribution is -1.93. The molecule has 0 aromatic carbocycles. The minimum atomic E-state index is 0.698. The zero-order valence-electron chi connectivity index (χ0n) is 8.43. The largest absolute Gasteiger partial charge is 0.377 e. The van der Waals surface area contributed by atoms with E-state index in [0.29, 0.717) is 6.61 Å². The predicted octanol–water partition coefficient (Wildman–Crippen LogP) is 3.92. The van der Waals surface area contributed by atoms with E-state index in [9.17, 15) is 0 Å². The van der Waals surface area contributed by atoms with Gasteiger partial charge in [0.25, 0.3) is 0 Å². The molecule has 13 heavy (non-hydrogen) atoms. The van der Waals surface area contributed by atoms with Crippen LogP contribution in [0.15, 0.2) is 12.7 Å². The van der Waals surface area contributed by atoms with Gasteiger partial charge < -0.3 is 4.74 Å². The van der Waals surface area contributed by atoms with E-state index in [0.717, 1.165) is 11.9 Å². The summed E-state index contributed by atoms with van der Waals surface area (Å²) in [5.41, 5.74) is 0. The van der Waals surface area contributed by atoms with Gasteiger partial charge in [-0.3, -0.25) is 0 Å². The van der Waals surface area contributed by atoms with Crippen molar-refractivity contribution in [2.75, 3.05) is 18.5 Å². The van der Waals surface area contributed by atoms with Crippen molar-refractivity contribution in [2.24, 2.45) is 0 Å². The smallest absolute Gasteiger partial charge is 0.0644 e. The predicted molar refractivity (Wildman–Crippen MR) is 62.5 cm³/mol. The van der Waals surface area contributed by atoms with Crippen LogP contribution in [0.1, 0.15) is 38.5 Å². The first kappa shape index (κ1) is 13.2. The zero-order valence-corrected chi connectivity index (χ0v) is 10.0. The average Bonchev–Trinajstić information content (AvgIpc) is 2.16. The van der Waals surface area contributed by atoms with Crippen molar-refractivity contribution in [1.29, 1.82) is 0 Å². The Morgan fingerprint density at radius 1 is 1.00 bits per heavy atom. The molecule has 0 aliphatic carbocycles. The lowest BCUT2D eigenvalue weighted by atomic mass is 10.1. The number of alkyl halides is 1. The van der Waals surface area contributed by atoms with E-state index in [-0.39, 0.29) is 0 Å². The Bertz CT molecular complexity index is 104. The van der Waals surface area contributed by atoms with Crippen LogP contribution in [-0.4, -0.2) is 18.5 Å². The molecule has 0 unspecified atom stereocenters. The van der Waals surface area contributed by atoms with E-state index < -0.39 is 0 Å². The second-order valence-electron chi connectivity index (χ2n) is 3.17. The van der Waals surface area contributed by atoms with Gasteiger partial charge in [0.1, 0.15) is 0 Å². The molecule has 0 radical (unpaired) electrons.